The van der Waals surface area contributed by atoms with E-state index in [1.165, 1.54) is 12.1 Å². The summed E-state index contributed by atoms with van der Waals surface area (Å²) in [6, 6.07) is 4.39. The number of halogens is 2. The molecule has 1 aromatic carbocycles. The number of carbonyl (C=O) groups excluding carboxylic acids is 1. The van der Waals surface area contributed by atoms with E-state index in [1.807, 2.05) is 0 Å². The second-order valence-corrected chi connectivity index (χ2v) is 5.46. The van der Waals surface area contributed by atoms with E-state index in [4.69, 9.17) is 9.84 Å². The predicted octanol–water partition coefficient (Wildman–Crippen LogP) is 2.41. The summed E-state index contributed by atoms with van der Waals surface area (Å²) in [5, 5.41) is 11.5. The molecule has 0 radical (unpaired) electrons. The summed E-state index contributed by atoms with van der Waals surface area (Å²) < 4.78 is 34.4. The molecule has 1 amide bonds. The fourth-order valence-corrected chi connectivity index (χ4v) is 2.45. The van der Waals surface area contributed by atoms with Crippen molar-refractivity contribution in [1.82, 2.24) is 0 Å². The highest BCUT2D eigenvalue weighted by Gasteiger charge is 2.40. The third-order valence-corrected chi connectivity index (χ3v) is 3.56. The van der Waals surface area contributed by atoms with E-state index in [-0.39, 0.29) is 23.8 Å². The number of ether oxygens (including phenoxy) is 2. The molecule has 6 nitrogen and oxygen atoms in total. The van der Waals surface area contributed by atoms with Crippen molar-refractivity contribution in [3.8, 4) is 5.75 Å². The summed E-state index contributed by atoms with van der Waals surface area (Å²) in [5.74, 6) is -2.22. The molecule has 1 aromatic rings. The summed E-state index contributed by atoms with van der Waals surface area (Å²) in [5.41, 5.74) is 0.830. The summed E-state index contributed by atoms with van der Waals surface area (Å²) in [7, 11) is 0. The highest BCUT2D eigenvalue weighted by Crippen LogP contribution is 2.30. The Hall–Kier alpha value is -2.22. The van der Waals surface area contributed by atoms with Gasteiger partial charge in [0.25, 0.3) is 5.91 Å². The first-order chi connectivity index (χ1) is 10.8. The van der Waals surface area contributed by atoms with Gasteiger partial charge in [0, 0.05) is 0 Å². The molecule has 2 rings (SSSR count). The van der Waals surface area contributed by atoms with Crippen LogP contribution in [0.25, 0.3) is 0 Å². The molecule has 8 heteroatoms. The first-order valence-corrected chi connectivity index (χ1v) is 7.02. The summed E-state index contributed by atoms with van der Waals surface area (Å²) in [6.45, 7) is 0.382. The van der Waals surface area contributed by atoms with Gasteiger partial charge in [0.05, 0.1) is 5.69 Å². The van der Waals surface area contributed by atoms with Crippen LogP contribution in [0.3, 0.4) is 0 Å². The molecular weight excluding hydrogens is 312 g/mol. The molecule has 0 bridgehead atoms. The van der Waals surface area contributed by atoms with Crippen LogP contribution >= 0.6 is 0 Å². The van der Waals surface area contributed by atoms with Crippen LogP contribution in [0.4, 0.5) is 14.5 Å². The fourth-order valence-electron chi connectivity index (χ4n) is 2.45. The minimum atomic E-state index is -3.02. The third-order valence-electron chi connectivity index (χ3n) is 3.56. The number of carboxylic acids is 1. The molecule has 1 aliphatic heterocycles. The normalized spacial score (nSPS) is 23.8. The van der Waals surface area contributed by atoms with Crippen molar-refractivity contribution in [2.24, 2.45) is 5.92 Å². The first kappa shape index (κ1) is 17.1. The van der Waals surface area contributed by atoms with E-state index in [0.717, 1.165) is 5.56 Å². The SMILES string of the molecule is Cc1ccc(OC(F)F)c(NC(=O)[C@H]2C[C@@H](C)[C@H](C(=O)O)O2)c1. The van der Waals surface area contributed by atoms with E-state index in [9.17, 15) is 18.4 Å². The number of carboxylic acid groups (broad SMARTS) is 1. The fraction of sp³-hybridized carbons (Fsp3) is 0.467. The zero-order valence-corrected chi connectivity index (χ0v) is 12.6. The molecule has 3 atom stereocenters. The van der Waals surface area contributed by atoms with Crippen LogP contribution < -0.4 is 10.1 Å². The predicted molar refractivity (Wildman–Crippen MR) is 76.5 cm³/mol. The molecule has 0 aliphatic carbocycles. The first-order valence-electron chi connectivity index (χ1n) is 7.02. The zero-order valence-electron chi connectivity index (χ0n) is 12.6. The van der Waals surface area contributed by atoms with Gasteiger partial charge in [-0.15, -0.1) is 0 Å². The number of rotatable bonds is 5. The minimum Gasteiger partial charge on any atom is -0.479 e. The maximum absolute atomic E-state index is 12.4. The van der Waals surface area contributed by atoms with Crippen LogP contribution in [0.5, 0.6) is 5.75 Å². The van der Waals surface area contributed by atoms with Crippen molar-refractivity contribution in [2.45, 2.75) is 39.1 Å². The number of aliphatic carboxylic acids is 1. The summed E-state index contributed by atoms with van der Waals surface area (Å²) in [4.78, 5) is 23.2. The molecule has 0 aromatic heterocycles. The van der Waals surface area contributed by atoms with Crippen molar-refractivity contribution in [3.05, 3.63) is 23.8 Å². The molecule has 23 heavy (non-hydrogen) atoms. The average Bonchev–Trinajstić information content (AvgIpc) is 2.84. The van der Waals surface area contributed by atoms with Gasteiger partial charge < -0.3 is 19.9 Å². The molecule has 2 N–H and O–H groups in total. The Balaban J connectivity index is 2.11. The number of hydrogen-bond acceptors (Lipinski definition) is 4. The second-order valence-electron chi connectivity index (χ2n) is 5.46. The lowest BCUT2D eigenvalue weighted by atomic mass is 10.0. The lowest BCUT2D eigenvalue weighted by Gasteiger charge is -2.15. The van der Waals surface area contributed by atoms with Gasteiger partial charge >= 0.3 is 12.6 Å². The number of hydrogen-bond donors (Lipinski definition) is 2. The molecule has 0 saturated carbocycles. The Bertz CT molecular complexity index is 608. The van der Waals surface area contributed by atoms with Crippen molar-refractivity contribution in [2.75, 3.05) is 5.32 Å². The molecule has 1 heterocycles. The van der Waals surface area contributed by atoms with E-state index in [1.54, 1.807) is 19.9 Å². The highest BCUT2D eigenvalue weighted by atomic mass is 19.3. The maximum atomic E-state index is 12.4. The van der Waals surface area contributed by atoms with Gasteiger partial charge in [0.15, 0.2) is 6.10 Å². The van der Waals surface area contributed by atoms with Crippen LogP contribution in [-0.4, -0.2) is 35.8 Å². The Morgan fingerprint density at radius 1 is 1.43 bits per heavy atom. The zero-order chi connectivity index (χ0) is 17.1. The lowest BCUT2D eigenvalue weighted by molar-refractivity contribution is -0.152. The number of benzene rings is 1. The number of carbonyl (C=O) groups is 2. The van der Waals surface area contributed by atoms with Crippen molar-refractivity contribution < 1.29 is 33.0 Å². The van der Waals surface area contributed by atoms with Crippen LogP contribution in [0.2, 0.25) is 0 Å². The van der Waals surface area contributed by atoms with E-state index in [0.29, 0.717) is 0 Å². The molecule has 0 spiro atoms. The summed E-state index contributed by atoms with van der Waals surface area (Å²) >= 11 is 0. The topological polar surface area (TPSA) is 84.9 Å². The van der Waals surface area contributed by atoms with Crippen molar-refractivity contribution >= 4 is 17.6 Å². The molecule has 1 aliphatic rings. The Morgan fingerprint density at radius 2 is 2.13 bits per heavy atom. The Labute approximate surface area is 131 Å². The number of anilines is 1. The number of alkyl halides is 2. The lowest BCUT2D eigenvalue weighted by Crippen LogP contribution is -2.30. The largest absolute Gasteiger partial charge is 0.479 e. The van der Waals surface area contributed by atoms with Crippen LogP contribution in [0, 0.1) is 12.8 Å². The Kier molecular flexibility index (Phi) is 5.15. The Morgan fingerprint density at radius 3 is 2.70 bits per heavy atom. The van der Waals surface area contributed by atoms with Gasteiger partial charge in [-0.2, -0.15) is 8.78 Å². The average molecular weight is 329 g/mol. The maximum Gasteiger partial charge on any atom is 0.387 e. The van der Waals surface area contributed by atoms with Crippen LogP contribution in [0.15, 0.2) is 18.2 Å². The van der Waals surface area contributed by atoms with Gasteiger partial charge in [-0.25, -0.2) is 4.79 Å². The monoisotopic (exact) mass is 329 g/mol. The van der Waals surface area contributed by atoms with Gasteiger partial charge in [-0.1, -0.05) is 13.0 Å². The number of nitrogens with one attached hydrogen (secondary N) is 1. The van der Waals surface area contributed by atoms with Crippen LogP contribution in [-0.2, 0) is 14.3 Å². The van der Waals surface area contributed by atoms with Crippen molar-refractivity contribution in [3.63, 3.8) is 0 Å². The summed E-state index contributed by atoms with van der Waals surface area (Å²) in [6.07, 6.45) is -1.77. The van der Waals surface area contributed by atoms with Gasteiger partial charge in [0.1, 0.15) is 11.9 Å². The highest BCUT2D eigenvalue weighted by molar-refractivity contribution is 5.96. The van der Waals surface area contributed by atoms with E-state index in [2.05, 4.69) is 10.1 Å². The standard InChI is InChI=1S/C15H17F2NO5/c1-7-3-4-10(23-15(16)17)9(5-7)18-13(19)11-6-8(2)12(22-11)14(20)21/h3-5,8,11-12,15H,6H2,1-2H3,(H,18,19)(H,20,21)/t8-,11-,12-/m1/s1. The minimum absolute atomic E-state index is 0.0883. The van der Waals surface area contributed by atoms with E-state index < -0.39 is 30.7 Å². The molecule has 1 fully saturated rings. The quantitative estimate of drug-likeness (QED) is 0.866. The molecular formula is C15H17F2NO5. The van der Waals surface area contributed by atoms with Crippen LogP contribution in [0.1, 0.15) is 18.9 Å². The van der Waals surface area contributed by atoms with Gasteiger partial charge in [-0.05, 0) is 37.0 Å². The van der Waals surface area contributed by atoms with E-state index >= 15 is 0 Å². The molecule has 0 unspecified atom stereocenters. The molecule has 126 valence electrons. The number of amides is 1. The van der Waals surface area contributed by atoms with Crippen molar-refractivity contribution in [1.29, 1.82) is 0 Å². The smallest absolute Gasteiger partial charge is 0.387 e. The third kappa shape index (κ3) is 4.16. The van der Waals surface area contributed by atoms with Gasteiger partial charge in [0.2, 0.25) is 0 Å². The number of aryl methyl sites for hydroxylation is 1. The van der Waals surface area contributed by atoms with Gasteiger partial charge in [-0.3, -0.25) is 4.79 Å². The molecule has 1 saturated heterocycles. The second kappa shape index (κ2) is 6.91.